The Morgan fingerprint density at radius 1 is 1.30 bits per heavy atom. The average Bonchev–Trinajstić information content (AvgIpc) is 3.02. The van der Waals surface area contributed by atoms with Crippen molar-refractivity contribution in [1.82, 2.24) is 20.8 Å². The number of hydrogen-bond acceptors (Lipinski definition) is 6. The fraction of sp³-hybridized carbons (Fsp3) is 0.438. The van der Waals surface area contributed by atoms with E-state index >= 15 is 0 Å². The van der Waals surface area contributed by atoms with Gasteiger partial charge in [0.2, 0.25) is 5.89 Å². The highest BCUT2D eigenvalue weighted by Crippen LogP contribution is 2.18. The van der Waals surface area contributed by atoms with Crippen LogP contribution in [0.1, 0.15) is 30.3 Å². The van der Waals surface area contributed by atoms with Crippen molar-refractivity contribution in [3.05, 3.63) is 41.5 Å². The largest absolute Gasteiger partial charge is 0.435 e. The summed E-state index contributed by atoms with van der Waals surface area (Å²) in [6, 6.07) is 5.80. The van der Waals surface area contributed by atoms with Crippen molar-refractivity contribution in [2.75, 3.05) is 13.1 Å². The highest BCUT2D eigenvalue weighted by atomic mass is 127. The summed E-state index contributed by atoms with van der Waals surface area (Å²) in [5.74, 6) is 1.42. The average molecular weight is 497 g/mol. The predicted molar refractivity (Wildman–Crippen MR) is 105 cm³/mol. The summed E-state index contributed by atoms with van der Waals surface area (Å²) in [6.45, 7) is 1.74. The molecule has 150 valence electrons. The van der Waals surface area contributed by atoms with E-state index in [-0.39, 0.29) is 42.8 Å². The van der Waals surface area contributed by atoms with Gasteiger partial charge in [-0.15, -0.1) is 24.0 Å². The standard InChI is InChI=1S/C16H21F2N5O3.HI/c1-3-19-16(21-9-14-22-10(2)23-26-14)20-8-13(24)11-4-6-12(7-5-11)25-15(17)18;/h4-7,13,15,24H,3,8-9H2,1-2H3,(H2,19,20,21);1H. The fourth-order valence-electron chi connectivity index (χ4n) is 2.08. The number of hydrogen-bond donors (Lipinski definition) is 3. The Morgan fingerprint density at radius 3 is 2.56 bits per heavy atom. The van der Waals surface area contributed by atoms with Crippen molar-refractivity contribution in [3.8, 4) is 5.75 Å². The summed E-state index contributed by atoms with van der Waals surface area (Å²) >= 11 is 0. The summed E-state index contributed by atoms with van der Waals surface area (Å²) < 4.78 is 33.5. The van der Waals surface area contributed by atoms with E-state index in [1.165, 1.54) is 24.3 Å². The van der Waals surface area contributed by atoms with Gasteiger partial charge in [0.05, 0.1) is 6.10 Å². The minimum absolute atomic E-state index is 0. The molecular weight excluding hydrogens is 475 g/mol. The molecule has 2 aromatic rings. The molecule has 0 amide bonds. The number of aromatic nitrogens is 2. The van der Waals surface area contributed by atoms with Gasteiger partial charge in [0.1, 0.15) is 12.3 Å². The number of aliphatic hydroxyl groups excluding tert-OH is 1. The van der Waals surface area contributed by atoms with Crippen LogP contribution >= 0.6 is 24.0 Å². The monoisotopic (exact) mass is 497 g/mol. The zero-order chi connectivity index (χ0) is 18.9. The van der Waals surface area contributed by atoms with Gasteiger partial charge in [-0.25, -0.2) is 4.99 Å². The molecule has 11 heteroatoms. The summed E-state index contributed by atoms with van der Waals surface area (Å²) in [5.41, 5.74) is 0.558. The van der Waals surface area contributed by atoms with Crippen LogP contribution in [-0.2, 0) is 6.54 Å². The van der Waals surface area contributed by atoms with Gasteiger partial charge in [0.25, 0.3) is 0 Å². The van der Waals surface area contributed by atoms with Crippen molar-refractivity contribution in [3.63, 3.8) is 0 Å². The number of guanidine groups is 1. The highest BCUT2D eigenvalue weighted by molar-refractivity contribution is 14.0. The summed E-state index contributed by atoms with van der Waals surface area (Å²) in [6.07, 6.45) is -0.856. The van der Waals surface area contributed by atoms with E-state index < -0.39 is 12.7 Å². The SMILES string of the molecule is CCNC(=NCc1nc(C)no1)NCC(O)c1ccc(OC(F)F)cc1.I. The van der Waals surface area contributed by atoms with Gasteiger partial charge in [-0.05, 0) is 31.5 Å². The predicted octanol–water partition coefficient (Wildman–Crippen LogP) is 2.39. The molecule has 8 nitrogen and oxygen atoms in total. The molecule has 1 aromatic carbocycles. The summed E-state index contributed by atoms with van der Waals surface area (Å²) in [4.78, 5) is 8.35. The van der Waals surface area contributed by atoms with Crippen LogP contribution in [0.25, 0.3) is 0 Å². The van der Waals surface area contributed by atoms with E-state index in [0.717, 1.165) is 0 Å². The summed E-state index contributed by atoms with van der Waals surface area (Å²) in [5, 5.41) is 19.9. The van der Waals surface area contributed by atoms with Crippen LogP contribution in [-0.4, -0.2) is 40.9 Å². The second-order valence-electron chi connectivity index (χ2n) is 5.27. The number of nitrogens with zero attached hydrogens (tertiary/aromatic N) is 3. The molecule has 0 bridgehead atoms. The number of aliphatic imine (C=N–C) groups is 1. The first-order valence-electron chi connectivity index (χ1n) is 8.02. The third kappa shape index (κ3) is 8.03. The number of aryl methyl sites for hydroxylation is 1. The number of halogens is 3. The Kier molecular flexibility index (Phi) is 9.93. The molecule has 1 heterocycles. The molecular formula is C16H22F2IN5O3. The lowest BCUT2D eigenvalue weighted by Crippen LogP contribution is -2.39. The molecule has 0 aliphatic heterocycles. The first kappa shape index (κ1) is 23.0. The third-order valence-electron chi connectivity index (χ3n) is 3.24. The molecule has 0 fully saturated rings. The second kappa shape index (κ2) is 11.6. The first-order chi connectivity index (χ1) is 12.5. The molecule has 1 aromatic heterocycles. The van der Waals surface area contributed by atoms with Crippen LogP contribution in [0.3, 0.4) is 0 Å². The first-order valence-corrected chi connectivity index (χ1v) is 8.02. The molecule has 0 radical (unpaired) electrons. The van der Waals surface area contributed by atoms with Crippen LogP contribution in [0, 0.1) is 6.92 Å². The quantitative estimate of drug-likeness (QED) is 0.292. The fourth-order valence-corrected chi connectivity index (χ4v) is 2.08. The highest BCUT2D eigenvalue weighted by Gasteiger charge is 2.10. The van der Waals surface area contributed by atoms with Gasteiger partial charge < -0.3 is 25.0 Å². The van der Waals surface area contributed by atoms with Crippen molar-refractivity contribution < 1.29 is 23.1 Å². The second-order valence-corrected chi connectivity index (χ2v) is 5.27. The van der Waals surface area contributed by atoms with E-state index in [4.69, 9.17) is 4.52 Å². The van der Waals surface area contributed by atoms with E-state index in [2.05, 4.69) is 30.5 Å². The molecule has 3 N–H and O–H groups in total. The van der Waals surface area contributed by atoms with E-state index in [0.29, 0.717) is 29.8 Å². The van der Waals surface area contributed by atoms with Crippen LogP contribution in [0.2, 0.25) is 0 Å². The third-order valence-corrected chi connectivity index (χ3v) is 3.24. The number of aliphatic hydroxyl groups is 1. The normalized spacial score (nSPS) is 12.4. The topological polar surface area (TPSA) is 105 Å². The molecule has 1 atom stereocenters. The minimum Gasteiger partial charge on any atom is -0.435 e. The van der Waals surface area contributed by atoms with Gasteiger partial charge >= 0.3 is 6.61 Å². The maximum Gasteiger partial charge on any atom is 0.387 e. The Balaban J connectivity index is 0.00000364. The maximum atomic E-state index is 12.1. The van der Waals surface area contributed by atoms with Crippen molar-refractivity contribution in [1.29, 1.82) is 0 Å². The lowest BCUT2D eigenvalue weighted by molar-refractivity contribution is -0.0498. The smallest absolute Gasteiger partial charge is 0.387 e. The van der Waals surface area contributed by atoms with Crippen LogP contribution < -0.4 is 15.4 Å². The van der Waals surface area contributed by atoms with Gasteiger partial charge in [0.15, 0.2) is 11.8 Å². The zero-order valence-electron chi connectivity index (χ0n) is 14.9. The Labute approximate surface area is 172 Å². The molecule has 2 rings (SSSR count). The number of benzene rings is 1. The van der Waals surface area contributed by atoms with Crippen LogP contribution in [0.4, 0.5) is 8.78 Å². The molecule has 27 heavy (non-hydrogen) atoms. The van der Waals surface area contributed by atoms with Gasteiger partial charge in [0, 0.05) is 13.1 Å². The van der Waals surface area contributed by atoms with Gasteiger partial charge in [-0.3, -0.25) is 0 Å². The Morgan fingerprint density at radius 2 is 2.00 bits per heavy atom. The molecule has 0 spiro atoms. The maximum absolute atomic E-state index is 12.1. The Hall–Kier alpha value is -2.02. The number of rotatable bonds is 8. The van der Waals surface area contributed by atoms with Gasteiger partial charge in [-0.1, -0.05) is 17.3 Å². The zero-order valence-corrected chi connectivity index (χ0v) is 17.2. The van der Waals surface area contributed by atoms with E-state index in [1.807, 2.05) is 6.92 Å². The van der Waals surface area contributed by atoms with Gasteiger partial charge in [-0.2, -0.15) is 13.8 Å². The van der Waals surface area contributed by atoms with E-state index in [9.17, 15) is 13.9 Å². The lowest BCUT2D eigenvalue weighted by atomic mass is 10.1. The van der Waals surface area contributed by atoms with Crippen molar-refractivity contribution in [2.45, 2.75) is 33.1 Å². The number of ether oxygens (including phenoxy) is 1. The minimum atomic E-state index is -2.88. The molecule has 0 aliphatic carbocycles. The van der Waals surface area contributed by atoms with E-state index in [1.54, 1.807) is 6.92 Å². The lowest BCUT2D eigenvalue weighted by Gasteiger charge is -2.15. The van der Waals surface area contributed by atoms with Crippen LogP contribution in [0.15, 0.2) is 33.8 Å². The van der Waals surface area contributed by atoms with Crippen molar-refractivity contribution >= 4 is 29.9 Å². The Bertz CT molecular complexity index is 712. The van der Waals surface area contributed by atoms with Crippen LogP contribution in [0.5, 0.6) is 5.75 Å². The molecule has 0 aliphatic rings. The molecule has 0 saturated carbocycles. The molecule has 0 saturated heterocycles. The number of alkyl halides is 2. The number of nitrogens with one attached hydrogen (secondary N) is 2. The summed E-state index contributed by atoms with van der Waals surface area (Å²) in [7, 11) is 0. The molecule has 1 unspecified atom stereocenters. The van der Waals surface area contributed by atoms with Crippen molar-refractivity contribution in [2.24, 2.45) is 4.99 Å².